The molecule has 1 aliphatic heterocycles. The molecule has 0 spiro atoms. The van der Waals surface area contributed by atoms with Crippen LogP contribution in [-0.2, 0) is 4.79 Å². The van der Waals surface area contributed by atoms with Gasteiger partial charge >= 0.3 is 0 Å². The van der Waals surface area contributed by atoms with Crippen molar-refractivity contribution in [1.29, 1.82) is 0 Å². The molecule has 0 aliphatic carbocycles. The number of methoxy groups -OCH3 is 1. The molecule has 0 atom stereocenters. The number of carbonyl (C=O) groups excluding carboxylic acids is 1. The highest BCUT2D eigenvalue weighted by Gasteiger charge is 2.33. The number of rotatable bonds is 3. The van der Waals surface area contributed by atoms with Crippen molar-refractivity contribution in [3.63, 3.8) is 0 Å². The molecule has 3 nitrogen and oxygen atoms in total. The number of hydrogen-bond donors (Lipinski definition) is 0. The molecule has 2 aromatic carbocycles. The van der Waals surface area contributed by atoms with E-state index in [1.165, 1.54) is 11.8 Å². The van der Waals surface area contributed by atoms with Crippen LogP contribution in [0.2, 0.25) is 0 Å². The van der Waals surface area contributed by atoms with Crippen LogP contribution < -0.4 is 9.64 Å². The molecule has 0 aromatic heterocycles. The van der Waals surface area contributed by atoms with Crippen molar-refractivity contribution >= 4 is 68.6 Å². The van der Waals surface area contributed by atoms with Crippen molar-refractivity contribution < 1.29 is 9.53 Å². The van der Waals surface area contributed by atoms with Gasteiger partial charge in [0, 0.05) is 3.57 Å². The van der Waals surface area contributed by atoms with Crippen LogP contribution in [0.15, 0.2) is 53.4 Å². The lowest BCUT2D eigenvalue weighted by molar-refractivity contribution is -0.113. The minimum Gasteiger partial charge on any atom is -0.497 e. The van der Waals surface area contributed by atoms with Crippen LogP contribution >= 0.6 is 46.6 Å². The second-order valence-electron chi connectivity index (χ2n) is 4.74. The first kappa shape index (κ1) is 16.5. The molecule has 0 N–H and O–H groups in total. The molecule has 0 radical (unpaired) electrons. The van der Waals surface area contributed by atoms with Gasteiger partial charge in [-0.1, -0.05) is 42.2 Å². The molecule has 1 amide bonds. The molecule has 23 heavy (non-hydrogen) atoms. The van der Waals surface area contributed by atoms with Crippen molar-refractivity contribution in [3.05, 3.63) is 62.6 Å². The lowest BCUT2D eigenvalue weighted by Gasteiger charge is -2.14. The molecule has 0 unspecified atom stereocenters. The summed E-state index contributed by atoms with van der Waals surface area (Å²) < 4.78 is 6.78. The van der Waals surface area contributed by atoms with E-state index in [0.29, 0.717) is 9.23 Å². The Labute approximate surface area is 157 Å². The number of amides is 1. The SMILES string of the molecule is COc1ccc(N2C(=O)/C(=C\c3ccccc3I)SC2=S)cc1. The summed E-state index contributed by atoms with van der Waals surface area (Å²) in [6.45, 7) is 0. The molecule has 0 saturated carbocycles. The molecule has 3 rings (SSSR count). The van der Waals surface area contributed by atoms with Crippen LogP contribution in [0.25, 0.3) is 6.08 Å². The third kappa shape index (κ3) is 3.44. The predicted octanol–water partition coefficient (Wildman–Crippen LogP) is 4.71. The fourth-order valence-corrected chi connectivity index (χ4v) is 3.99. The second kappa shape index (κ2) is 7.02. The average molecular weight is 453 g/mol. The van der Waals surface area contributed by atoms with Crippen molar-refractivity contribution in [2.45, 2.75) is 0 Å². The van der Waals surface area contributed by atoms with Crippen LogP contribution in [0.4, 0.5) is 5.69 Å². The first-order chi connectivity index (χ1) is 11.1. The van der Waals surface area contributed by atoms with Gasteiger partial charge in [-0.3, -0.25) is 9.69 Å². The normalized spacial score (nSPS) is 16.3. The zero-order valence-electron chi connectivity index (χ0n) is 12.2. The average Bonchev–Trinajstić information content (AvgIpc) is 2.84. The zero-order chi connectivity index (χ0) is 16.4. The van der Waals surface area contributed by atoms with Crippen molar-refractivity contribution in [2.24, 2.45) is 0 Å². The Morgan fingerprint density at radius 3 is 2.52 bits per heavy atom. The van der Waals surface area contributed by atoms with Gasteiger partial charge in [-0.05, 0) is 64.6 Å². The molecule has 2 aromatic rings. The van der Waals surface area contributed by atoms with Gasteiger partial charge in [0.1, 0.15) is 5.75 Å². The minimum atomic E-state index is -0.0928. The molecular formula is C17H12INO2S2. The molecule has 116 valence electrons. The number of anilines is 1. The fourth-order valence-electron chi connectivity index (χ4n) is 2.16. The Hall–Kier alpha value is -1.38. The summed E-state index contributed by atoms with van der Waals surface area (Å²) in [5.74, 6) is 0.651. The van der Waals surface area contributed by atoms with E-state index in [1.54, 1.807) is 12.0 Å². The van der Waals surface area contributed by atoms with E-state index in [9.17, 15) is 4.79 Å². The van der Waals surface area contributed by atoms with Gasteiger partial charge in [-0.15, -0.1) is 0 Å². The molecule has 6 heteroatoms. The van der Waals surface area contributed by atoms with Crippen LogP contribution in [0.3, 0.4) is 0 Å². The van der Waals surface area contributed by atoms with Crippen molar-refractivity contribution in [3.8, 4) is 5.75 Å². The van der Waals surface area contributed by atoms with Crippen LogP contribution in [0, 0.1) is 3.57 Å². The fraction of sp³-hybridized carbons (Fsp3) is 0.0588. The number of nitrogens with zero attached hydrogens (tertiary/aromatic N) is 1. The Morgan fingerprint density at radius 1 is 1.17 bits per heavy atom. The maximum Gasteiger partial charge on any atom is 0.270 e. The largest absolute Gasteiger partial charge is 0.497 e. The minimum absolute atomic E-state index is 0.0928. The lowest BCUT2D eigenvalue weighted by atomic mass is 10.2. The van der Waals surface area contributed by atoms with Gasteiger partial charge in [0.2, 0.25) is 0 Å². The van der Waals surface area contributed by atoms with E-state index in [0.717, 1.165) is 20.6 Å². The summed E-state index contributed by atoms with van der Waals surface area (Å²) in [6, 6.07) is 15.2. The van der Waals surface area contributed by atoms with Gasteiger partial charge in [-0.25, -0.2) is 0 Å². The van der Waals surface area contributed by atoms with Gasteiger partial charge in [0.25, 0.3) is 5.91 Å². The number of thioether (sulfide) groups is 1. The summed E-state index contributed by atoms with van der Waals surface area (Å²) in [5.41, 5.74) is 1.77. The number of hydrogen-bond acceptors (Lipinski definition) is 4. The monoisotopic (exact) mass is 453 g/mol. The Morgan fingerprint density at radius 2 is 1.87 bits per heavy atom. The van der Waals surface area contributed by atoms with Gasteiger partial charge in [-0.2, -0.15) is 0 Å². The van der Waals surface area contributed by atoms with Crippen LogP contribution in [0.5, 0.6) is 5.75 Å². The number of ether oxygens (including phenoxy) is 1. The summed E-state index contributed by atoms with van der Waals surface area (Å²) >= 11 is 8.96. The van der Waals surface area contributed by atoms with E-state index in [4.69, 9.17) is 17.0 Å². The van der Waals surface area contributed by atoms with Crippen LogP contribution in [0.1, 0.15) is 5.56 Å². The maximum absolute atomic E-state index is 12.7. The van der Waals surface area contributed by atoms with Gasteiger partial charge < -0.3 is 4.74 Å². The zero-order valence-corrected chi connectivity index (χ0v) is 15.9. The summed E-state index contributed by atoms with van der Waals surface area (Å²) in [4.78, 5) is 14.9. The van der Waals surface area contributed by atoms with Gasteiger partial charge in [0.05, 0.1) is 17.7 Å². The predicted molar refractivity (Wildman–Crippen MR) is 108 cm³/mol. The second-order valence-corrected chi connectivity index (χ2v) is 7.57. The standard InChI is InChI=1S/C17H12INO2S2/c1-21-13-8-6-12(7-9-13)19-16(20)15(23-17(19)22)10-11-4-2-3-5-14(11)18/h2-10H,1H3/b15-10+. The Kier molecular flexibility index (Phi) is 5.03. The van der Waals surface area contributed by atoms with Crippen molar-refractivity contribution in [1.82, 2.24) is 0 Å². The highest BCUT2D eigenvalue weighted by molar-refractivity contribution is 14.1. The number of halogens is 1. The van der Waals surface area contributed by atoms with E-state index in [-0.39, 0.29) is 5.91 Å². The Balaban J connectivity index is 1.92. The number of thiocarbonyl (C=S) groups is 1. The van der Waals surface area contributed by atoms with E-state index in [1.807, 2.05) is 54.6 Å². The first-order valence-corrected chi connectivity index (χ1v) is 9.07. The number of carbonyl (C=O) groups is 1. The molecule has 0 bridgehead atoms. The maximum atomic E-state index is 12.7. The van der Waals surface area contributed by atoms with Gasteiger partial charge in [0.15, 0.2) is 4.32 Å². The smallest absolute Gasteiger partial charge is 0.270 e. The number of benzene rings is 2. The van der Waals surface area contributed by atoms with Crippen LogP contribution in [-0.4, -0.2) is 17.3 Å². The third-order valence-electron chi connectivity index (χ3n) is 3.32. The lowest BCUT2D eigenvalue weighted by Crippen LogP contribution is -2.27. The summed E-state index contributed by atoms with van der Waals surface area (Å²) in [6.07, 6.45) is 1.89. The summed E-state index contributed by atoms with van der Waals surface area (Å²) in [7, 11) is 1.61. The first-order valence-electron chi connectivity index (χ1n) is 6.76. The summed E-state index contributed by atoms with van der Waals surface area (Å²) in [5, 5.41) is 0. The molecule has 1 heterocycles. The highest BCUT2D eigenvalue weighted by Crippen LogP contribution is 2.36. The van der Waals surface area contributed by atoms with E-state index < -0.39 is 0 Å². The molecule has 1 fully saturated rings. The topological polar surface area (TPSA) is 29.5 Å². The molecule has 1 saturated heterocycles. The van der Waals surface area contributed by atoms with Crippen molar-refractivity contribution in [2.75, 3.05) is 12.0 Å². The highest BCUT2D eigenvalue weighted by atomic mass is 127. The van der Waals surface area contributed by atoms with E-state index >= 15 is 0 Å². The Bertz CT molecular complexity index is 802. The molecule has 1 aliphatic rings. The quantitative estimate of drug-likeness (QED) is 0.383. The third-order valence-corrected chi connectivity index (χ3v) is 5.60. The van der Waals surface area contributed by atoms with E-state index in [2.05, 4.69) is 22.6 Å². The molecular weight excluding hydrogens is 441 g/mol.